The quantitative estimate of drug-likeness (QED) is 0.928. The molecule has 1 N–H and O–H groups in total. The molecular formula is C16H18F2O3. The summed E-state index contributed by atoms with van der Waals surface area (Å²) in [6, 6.07) is 5.36. The summed E-state index contributed by atoms with van der Waals surface area (Å²) in [5, 5.41) is 9.13. The first-order valence-electron chi connectivity index (χ1n) is 6.70. The van der Waals surface area contributed by atoms with Crippen molar-refractivity contribution in [1.29, 1.82) is 0 Å². The molecule has 0 aromatic heterocycles. The highest BCUT2D eigenvalue weighted by molar-refractivity contribution is 5.95. The number of aliphatic carboxylic acids is 1. The maximum atomic E-state index is 13.7. The first-order valence-corrected chi connectivity index (χ1v) is 6.70. The molecule has 1 aromatic rings. The van der Waals surface area contributed by atoms with E-state index in [2.05, 4.69) is 0 Å². The molecule has 1 heterocycles. The van der Waals surface area contributed by atoms with Crippen LogP contribution < -0.4 is 4.74 Å². The van der Waals surface area contributed by atoms with Gasteiger partial charge in [-0.2, -0.15) is 0 Å². The molecule has 0 amide bonds. The second kappa shape index (κ2) is 5.47. The monoisotopic (exact) mass is 296 g/mol. The molecule has 114 valence electrons. The highest BCUT2D eigenvalue weighted by atomic mass is 19.2. The molecule has 1 aliphatic rings. The van der Waals surface area contributed by atoms with E-state index in [0.29, 0.717) is 11.3 Å². The lowest BCUT2D eigenvalue weighted by molar-refractivity contribution is -0.134. The summed E-state index contributed by atoms with van der Waals surface area (Å²) in [4.78, 5) is 11.2. The summed E-state index contributed by atoms with van der Waals surface area (Å²) in [6.45, 7) is 4.77. The van der Waals surface area contributed by atoms with Gasteiger partial charge in [0.25, 0.3) is 0 Å². The van der Waals surface area contributed by atoms with Crippen LogP contribution >= 0.6 is 0 Å². The van der Waals surface area contributed by atoms with Crippen molar-refractivity contribution in [2.24, 2.45) is 0 Å². The Bertz CT molecular complexity index is 588. The van der Waals surface area contributed by atoms with Gasteiger partial charge in [-0.1, -0.05) is 32.9 Å². The van der Waals surface area contributed by atoms with Crippen molar-refractivity contribution in [2.75, 3.05) is 6.67 Å². The van der Waals surface area contributed by atoms with Gasteiger partial charge in [0, 0.05) is 5.56 Å². The second-order valence-corrected chi connectivity index (χ2v) is 6.12. The van der Waals surface area contributed by atoms with E-state index in [1.54, 1.807) is 12.1 Å². The SMILES string of the molecule is CC(C)(C)c1ccc2c(c1)OC(C(F)CF)C(C(=O)O)=C2. The molecule has 3 nitrogen and oxygen atoms in total. The summed E-state index contributed by atoms with van der Waals surface area (Å²) in [6.07, 6.45) is -2.07. The van der Waals surface area contributed by atoms with Crippen LogP contribution in [0.25, 0.3) is 6.08 Å². The number of halogens is 2. The first-order chi connectivity index (χ1) is 9.74. The number of carbonyl (C=O) groups is 1. The van der Waals surface area contributed by atoms with Gasteiger partial charge in [-0.05, 0) is 23.1 Å². The zero-order valence-corrected chi connectivity index (χ0v) is 12.2. The number of hydrogen-bond donors (Lipinski definition) is 1. The average molecular weight is 296 g/mol. The summed E-state index contributed by atoms with van der Waals surface area (Å²) in [7, 11) is 0. The average Bonchev–Trinajstić information content (AvgIpc) is 2.43. The molecule has 0 aliphatic carbocycles. The van der Waals surface area contributed by atoms with E-state index in [1.165, 1.54) is 6.08 Å². The summed E-state index contributed by atoms with van der Waals surface area (Å²) in [5.74, 6) is -0.921. The predicted octanol–water partition coefficient (Wildman–Crippen LogP) is 3.52. The zero-order chi connectivity index (χ0) is 15.8. The molecule has 0 fully saturated rings. The van der Waals surface area contributed by atoms with Gasteiger partial charge >= 0.3 is 5.97 Å². The van der Waals surface area contributed by atoms with E-state index in [4.69, 9.17) is 9.84 Å². The predicted molar refractivity (Wildman–Crippen MR) is 76.0 cm³/mol. The zero-order valence-electron chi connectivity index (χ0n) is 12.2. The summed E-state index contributed by atoms with van der Waals surface area (Å²) < 4.78 is 31.7. The lowest BCUT2D eigenvalue weighted by Gasteiger charge is -2.28. The number of fused-ring (bicyclic) bond motifs is 1. The number of hydrogen-bond acceptors (Lipinski definition) is 2. The first kappa shape index (κ1) is 15.5. The Labute approximate surface area is 122 Å². The molecule has 21 heavy (non-hydrogen) atoms. The molecule has 2 rings (SSSR count). The number of rotatable bonds is 3. The van der Waals surface area contributed by atoms with Crippen molar-refractivity contribution in [3.8, 4) is 5.75 Å². The van der Waals surface area contributed by atoms with Crippen LogP contribution in [0.15, 0.2) is 23.8 Å². The maximum Gasteiger partial charge on any atom is 0.335 e. The molecule has 2 atom stereocenters. The Hall–Kier alpha value is -1.91. The Kier molecular flexibility index (Phi) is 4.03. The lowest BCUT2D eigenvalue weighted by atomic mass is 9.85. The van der Waals surface area contributed by atoms with Crippen LogP contribution in [0.3, 0.4) is 0 Å². The van der Waals surface area contributed by atoms with E-state index >= 15 is 0 Å². The van der Waals surface area contributed by atoms with Crippen LogP contribution in [0.4, 0.5) is 8.78 Å². The number of carboxylic acids is 1. The second-order valence-electron chi connectivity index (χ2n) is 6.12. The maximum absolute atomic E-state index is 13.7. The van der Waals surface area contributed by atoms with Crippen LogP contribution in [0, 0.1) is 0 Å². The number of carboxylic acid groups (broad SMARTS) is 1. The standard InChI is InChI=1S/C16H18F2O3/c1-16(2,3)10-5-4-9-6-11(15(19)20)14(12(18)8-17)21-13(9)7-10/h4-7,12,14H,8H2,1-3H3,(H,19,20). The Morgan fingerprint density at radius 1 is 1.43 bits per heavy atom. The summed E-state index contributed by atoms with van der Waals surface area (Å²) >= 11 is 0. The molecule has 2 unspecified atom stereocenters. The number of ether oxygens (including phenoxy) is 1. The van der Waals surface area contributed by atoms with Crippen molar-refractivity contribution in [3.63, 3.8) is 0 Å². The lowest BCUT2D eigenvalue weighted by Crippen LogP contribution is -2.37. The molecule has 0 saturated carbocycles. The molecule has 0 spiro atoms. The highest BCUT2D eigenvalue weighted by Crippen LogP contribution is 2.35. The number of alkyl halides is 2. The minimum Gasteiger partial charge on any atom is -0.482 e. The summed E-state index contributed by atoms with van der Waals surface area (Å²) in [5.41, 5.74) is 1.14. The van der Waals surface area contributed by atoms with Gasteiger partial charge in [-0.25, -0.2) is 13.6 Å². The van der Waals surface area contributed by atoms with Crippen LogP contribution in [-0.4, -0.2) is 30.0 Å². The van der Waals surface area contributed by atoms with Crippen molar-refractivity contribution in [2.45, 2.75) is 38.5 Å². The van der Waals surface area contributed by atoms with Crippen molar-refractivity contribution in [1.82, 2.24) is 0 Å². The van der Waals surface area contributed by atoms with Gasteiger partial charge in [0.1, 0.15) is 12.4 Å². The third kappa shape index (κ3) is 3.06. The fourth-order valence-electron chi connectivity index (χ4n) is 2.21. The van der Waals surface area contributed by atoms with Gasteiger partial charge in [-0.15, -0.1) is 0 Å². The highest BCUT2D eigenvalue weighted by Gasteiger charge is 2.35. The van der Waals surface area contributed by atoms with Crippen LogP contribution in [0.2, 0.25) is 0 Å². The molecule has 5 heteroatoms. The molecular weight excluding hydrogens is 278 g/mol. The smallest absolute Gasteiger partial charge is 0.335 e. The van der Waals surface area contributed by atoms with Crippen LogP contribution in [-0.2, 0) is 10.2 Å². The van der Waals surface area contributed by atoms with E-state index < -0.39 is 24.9 Å². The van der Waals surface area contributed by atoms with Gasteiger partial charge in [0.2, 0.25) is 0 Å². The normalized spacial score (nSPS) is 19.3. The molecule has 1 aliphatic heterocycles. The molecule has 1 aromatic carbocycles. The van der Waals surface area contributed by atoms with Gasteiger partial charge < -0.3 is 9.84 Å². The van der Waals surface area contributed by atoms with Crippen LogP contribution in [0.1, 0.15) is 31.9 Å². The Morgan fingerprint density at radius 2 is 2.10 bits per heavy atom. The van der Waals surface area contributed by atoms with E-state index in [9.17, 15) is 13.6 Å². The Morgan fingerprint density at radius 3 is 2.62 bits per heavy atom. The molecule has 0 bridgehead atoms. The molecule has 0 saturated heterocycles. The topological polar surface area (TPSA) is 46.5 Å². The third-order valence-corrected chi connectivity index (χ3v) is 3.47. The molecule has 0 radical (unpaired) electrons. The fraction of sp³-hybridized carbons (Fsp3) is 0.438. The minimum atomic E-state index is -2.00. The van der Waals surface area contributed by atoms with Gasteiger partial charge in [0.15, 0.2) is 12.3 Å². The minimum absolute atomic E-state index is 0.125. The van der Waals surface area contributed by atoms with E-state index in [0.717, 1.165) is 5.56 Å². The van der Waals surface area contributed by atoms with Crippen molar-refractivity contribution in [3.05, 3.63) is 34.9 Å². The Balaban J connectivity index is 2.48. The largest absolute Gasteiger partial charge is 0.482 e. The number of benzene rings is 1. The van der Waals surface area contributed by atoms with E-state index in [-0.39, 0.29) is 11.0 Å². The van der Waals surface area contributed by atoms with Crippen molar-refractivity contribution >= 4 is 12.0 Å². The third-order valence-electron chi connectivity index (χ3n) is 3.47. The fourth-order valence-corrected chi connectivity index (χ4v) is 2.21. The van der Waals surface area contributed by atoms with Crippen molar-refractivity contribution < 1.29 is 23.4 Å². The van der Waals surface area contributed by atoms with Gasteiger partial charge in [0.05, 0.1) is 5.57 Å². The van der Waals surface area contributed by atoms with Crippen LogP contribution in [0.5, 0.6) is 5.75 Å². The van der Waals surface area contributed by atoms with Gasteiger partial charge in [-0.3, -0.25) is 0 Å². The van der Waals surface area contributed by atoms with E-state index in [1.807, 2.05) is 26.8 Å².